The predicted molar refractivity (Wildman–Crippen MR) is 62.6 cm³/mol. The summed E-state index contributed by atoms with van der Waals surface area (Å²) < 4.78 is 46.4. The summed E-state index contributed by atoms with van der Waals surface area (Å²) in [7, 11) is 0. The summed E-state index contributed by atoms with van der Waals surface area (Å²) in [5.74, 6) is -0.366. The molecule has 1 heterocycles. The van der Waals surface area contributed by atoms with Crippen molar-refractivity contribution in [3.05, 3.63) is 0 Å². The van der Waals surface area contributed by atoms with E-state index in [-0.39, 0.29) is 19.0 Å². The molecule has 0 aromatic carbocycles. The summed E-state index contributed by atoms with van der Waals surface area (Å²) in [6, 6.07) is 0. The molecule has 0 amide bonds. The van der Waals surface area contributed by atoms with E-state index in [1.165, 1.54) is 6.92 Å². The standard InChI is InChI=1S/C10H16O5.C2H3F3/c1-7(12)14-9-5-4-8(15-9)10(2,3)13-6-11;1-2(3,4)5/h6,8-9H,4-5H2,1-3H3;1H3. The lowest BCUT2D eigenvalue weighted by Gasteiger charge is -2.28. The number of rotatable bonds is 4. The number of hydrogen-bond acceptors (Lipinski definition) is 5. The second kappa shape index (κ2) is 7.47. The molecule has 2 atom stereocenters. The molecule has 0 aliphatic carbocycles. The first-order chi connectivity index (χ1) is 8.95. The fourth-order valence-corrected chi connectivity index (χ4v) is 1.59. The van der Waals surface area contributed by atoms with Gasteiger partial charge in [0, 0.05) is 20.3 Å². The summed E-state index contributed by atoms with van der Waals surface area (Å²) in [5.41, 5.74) is -0.684. The molecular formula is C12H19F3O5. The summed E-state index contributed by atoms with van der Waals surface area (Å²) >= 11 is 0. The van der Waals surface area contributed by atoms with Gasteiger partial charge in [-0.1, -0.05) is 0 Å². The van der Waals surface area contributed by atoms with Gasteiger partial charge in [-0.05, 0) is 20.3 Å². The molecule has 0 radical (unpaired) electrons. The van der Waals surface area contributed by atoms with Crippen molar-refractivity contribution in [2.45, 2.75) is 64.7 Å². The van der Waals surface area contributed by atoms with Gasteiger partial charge in [0.05, 0.1) is 0 Å². The van der Waals surface area contributed by atoms with Crippen molar-refractivity contribution in [2.24, 2.45) is 0 Å². The monoisotopic (exact) mass is 300 g/mol. The molecule has 1 aliphatic heterocycles. The first-order valence-electron chi connectivity index (χ1n) is 5.96. The van der Waals surface area contributed by atoms with Crippen LogP contribution in [-0.2, 0) is 23.8 Å². The van der Waals surface area contributed by atoms with Crippen molar-refractivity contribution in [3.8, 4) is 0 Å². The number of esters is 1. The maximum Gasteiger partial charge on any atom is 0.386 e. The van der Waals surface area contributed by atoms with Gasteiger partial charge in [-0.2, -0.15) is 13.2 Å². The molecule has 0 bridgehead atoms. The second-order valence-corrected chi connectivity index (χ2v) is 4.84. The first-order valence-corrected chi connectivity index (χ1v) is 5.96. The molecule has 1 saturated heterocycles. The molecule has 1 rings (SSSR count). The van der Waals surface area contributed by atoms with Crippen molar-refractivity contribution in [2.75, 3.05) is 0 Å². The zero-order chi connectivity index (χ0) is 16.0. The quantitative estimate of drug-likeness (QED) is 0.590. The first kappa shape index (κ1) is 18.7. The molecule has 1 aliphatic rings. The van der Waals surface area contributed by atoms with Gasteiger partial charge >= 0.3 is 12.1 Å². The Morgan fingerprint density at radius 3 is 2.15 bits per heavy atom. The lowest BCUT2D eigenvalue weighted by atomic mass is 9.99. The van der Waals surface area contributed by atoms with Crippen molar-refractivity contribution in [1.29, 1.82) is 0 Å². The van der Waals surface area contributed by atoms with Crippen LogP contribution < -0.4 is 0 Å². The van der Waals surface area contributed by atoms with E-state index < -0.39 is 18.1 Å². The fourth-order valence-electron chi connectivity index (χ4n) is 1.59. The topological polar surface area (TPSA) is 61.8 Å². The highest BCUT2D eigenvalue weighted by Crippen LogP contribution is 2.30. The van der Waals surface area contributed by atoms with Crippen LogP contribution in [0, 0.1) is 0 Å². The number of hydrogen-bond donors (Lipinski definition) is 0. The summed E-state index contributed by atoms with van der Waals surface area (Å²) in [5, 5.41) is 0. The van der Waals surface area contributed by atoms with Crippen molar-refractivity contribution >= 4 is 12.4 Å². The van der Waals surface area contributed by atoms with Crippen LogP contribution in [0.4, 0.5) is 13.2 Å². The lowest BCUT2D eigenvalue weighted by molar-refractivity contribution is -0.192. The van der Waals surface area contributed by atoms with Crippen LogP contribution >= 0.6 is 0 Å². The Morgan fingerprint density at radius 2 is 1.75 bits per heavy atom. The third-order valence-corrected chi connectivity index (χ3v) is 2.41. The van der Waals surface area contributed by atoms with Crippen molar-refractivity contribution in [3.63, 3.8) is 0 Å². The highest BCUT2D eigenvalue weighted by Gasteiger charge is 2.39. The highest BCUT2D eigenvalue weighted by atomic mass is 19.4. The molecule has 2 unspecified atom stereocenters. The average molecular weight is 300 g/mol. The van der Waals surface area contributed by atoms with Crippen LogP contribution in [0.5, 0.6) is 0 Å². The molecule has 118 valence electrons. The van der Waals surface area contributed by atoms with E-state index in [2.05, 4.69) is 0 Å². The molecule has 0 aromatic rings. The third-order valence-electron chi connectivity index (χ3n) is 2.41. The highest BCUT2D eigenvalue weighted by molar-refractivity contribution is 5.66. The van der Waals surface area contributed by atoms with E-state index in [1.54, 1.807) is 13.8 Å². The molecule has 0 aromatic heterocycles. The minimum absolute atomic E-state index is 0.188. The van der Waals surface area contributed by atoms with Crippen molar-refractivity contribution < 1.29 is 37.0 Å². The molecule has 0 N–H and O–H groups in total. The third kappa shape index (κ3) is 8.73. The van der Waals surface area contributed by atoms with Gasteiger partial charge in [0.25, 0.3) is 6.47 Å². The number of carbonyl (C=O) groups excluding carboxylic acids is 2. The fraction of sp³-hybridized carbons (Fsp3) is 0.833. The van der Waals surface area contributed by atoms with Crippen LogP contribution in [0.1, 0.15) is 40.5 Å². The molecular weight excluding hydrogens is 281 g/mol. The molecule has 20 heavy (non-hydrogen) atoms. The van der Waals surface area contributed by atoms with E-state index in [9.17, 15) is 22.8 Å². The van der Waals surface area contributed by atoms with Crippen LogP contribution in [0.2, 0.25) is 0 Å². The minimum Gasteiger partial charge on any atom is -0.459 e. The van der Waals surface area contributed by atoms with Crippen LogP contribution in [0.3, 0.4) is 0 Å². The maximum absolute atomic E-state index is 10.7. The van der Waals surface area contributed by atoms with E-state index in [0.29, 0.717) is 19.3 Å². The van der Waals surface area contributed by atoms with Gasteiger partial charge in [0.1, 0.15) is 11.7 Å². The molecule has 5 nitrogen and oxygen atoms in total. The largest absolute Gasteiger partial charge is 0.459 e. The van der Waals surface area contributed by atoms with Crippen LogP contribution in [0.15, 0.2) is 0 Å². The van der Waals surface area contributed by atoms with Crippen LogP contribution in [-0.4, -0.2) is 36.6 Å². The van der Waals surface area contributed by atoms with Gasteiger partial charge < -0.3 is 14.2 Å². The van der Waals surface area contributed by atoms with E-state index in [0.717, 1.165) is 0 Å². The number of ether oxygens (including phenoxy) is 3. The Morgan fingerprint density at radius 1 is 1.25 bits per heavy atom. The Hall–Kier alpha value is -1.31. The molecule has 0 saturated carbocycles. The van der Waals surface area contributed by atoms with Crippen molar-refractivity contribution in [1.82, 2.24) is 0 Å². The Balaban J connectivity index is 0.000000621. The van der Waals surface area contributed by atoms with Gasteiger partial charge in [-0.3, -0.25) is 9.59 Å². The van der Waals surface area contributed by atoms with Gasteiger partial charge in [0.2, 0.25) is 6.29 Å². The van der Waals surface area contributed by atoms with E-state index >= 15 is 0 Å². The summed E-state index contributed by atoms with van der Waals surface area (Å²) in [6.07, 6.45) is -3.40. The zero-order valence-electron chi connectivity index (χ0n) is 11.8. The minimum atomic E-state index is -4.00. The normalized spacial score (nSPS) is 22.6. The number of halogens is 3. The Labute approximate surface area is 115 Å². The second-order valence-electron chi connectivity index (χ2n) is 4.84. The zero-order valence-corrected chi connectivity index (χ0v) is 11.8. The molecule has 1 fully saturated rings. The van der Waals surface area contributed by atoms with Crippen LogP contribution in [0.25, 0.3) is 0 Å². The summed E-state index contributed by atoms with van der Waals surface area (Å²) in [4.78, 5) is 21.0. The van der Waals surface area contributed by atoms with E-state index in [4.69, 9.17) is 14.2 Å². The maximum atomic E-state index is 10.7. The Bertz CT molecular complexity index is 322. The molecule has 0 spiro atoms. The van der Waals surface area contributed by atoms with Gasteiger partial charge in [-0.25, -0.2) is 0 Å². The predicted octanol–water partition coefficient (Wildman–Crippen LogP) is 2.57. The number of alkyl halides is 3. The SMILES string of the molecule is CC(=O)OC1CCC(C(C)(C)OC=O)O1.CC(F)(F)F. The van der Waals surface area contributed by atoms with Gasteiger partial charge in [0.15, 0.2) is 0 Å². The van der Waals surface area contributed by atoms with Gasteiger partial charge in [-0.15, -0.1) is 0 Å². The lowest BCUT2D eigenvalue weighted by Crippen LogP contribution is -2.39. The smallest absolute Gasteiger partial charge is 0.386 e. The molecule has 8 heteroatoms. The average Bonchev–Trinajstić information content (AvgIpc) is 2.62. The Kier molecular flexibility index (Phi) is 6.98. The number of carbonyl (C=O) groups is 2. The summed E-state index contributed by atoms with van der Waals surface area (Å²) in [6.45, 7) is 5.46. The van der Waals surface area contributed by atoms with E-state index in [1.807, 2.05) is 0 Å².